The second-order valence-corrected chi connectivity index (χ2v) is 8.19. The van der Waals surface area contributed by atoms with Crippen LogP contribution in [0.4, 0.5) is 0 Å². The average Bonchev–Trinajstić information content (AvgIpc) is 3.33. The number of likely N-dealkylation sites (tertiary alicyclic amines) is 1. The van der Waals surface area contributed by atoms with Crippen molar-refractivity contribution < 1.29 is 14.3 Å². The molecule has 1 atom stereocenters. The Morgan fingerprint density at radius 3 is 2.60 bits per heavy atom. The third-order valence-corrected chi connectivity index (χ3v) is 6.11. The molecule has 3 aromatic rings. The van der Waals surface area contributed by atoms with Crippen LogP contribution in [0.5, 0.6) is 0 Å². The van der Waals surface area contributed by atoms with E-state index in [2.05, 4.69) is 0 Å². The van der Waals surface area contributed by atoms with E-state index in [0.717, 1.165) is 41.4 Å². The van der Waals surface area contributed by atoms with Crippen molar-refractivity contribution in [2.24, 2.45) is 0 Å². The molecule has 154 valence electrons. The largest absolute Gasteiger partial charge is 0.348 e. The lowest BCUT2D eigenvalue weighted by Crippen LogP contribution is -2.50. The van der Waals surface area contributed by atoms with Crippen LogP contribution in [0.15, 0.2) is 54.6 Å². The molecule has 0 aliphatic carbocycles. The lowest BCUT2D eigenvalue weighted by molar-refractivity contribution is -0.100. The molecule has 2 aliphatic rings. The molecule has 5 nitrogen and oxygen atoms in total. The van der Waals surface area contributed by atoms with Crippen molar-refractivity contribution in [3.63, 3.8) is 0 Å². The number of nitrogens with zero attached hydrogens (tertiary/aromatic N) is 2. The van der Waals surface area contributed by atoms with E-state index >= 15 is 0 Å². The molecule has 30 heavy (non-hydrogen) atoms. The Labute approximate surface area is 180 Å². The van der Waals surface area contributed by atoms with Gasteiger partial charge in [0.15, 0.2) is 6.29 Å². The highest BCUT2D eigenvalue weighted by Gasteiger charge is 2.37. The monoisotopic (exact) mass is 422 g/mol. The summed E-state index contributed by atoms with van der Waals surface area (Å²) in [5, 5.41) is 1.53. The molecule has 2 fully saturated rings. The van der Waals surface area contributed by atoms with Crippen LogP contribution < -0.4 is 0 Å². The van der Waals surface area contributed by atoms with Gasteiger partial charge in [-0.3, -0.25) is 4.79 Å². The second kappa shape index (κ2) is 8.34. The molecule has 0 radical (unpaired) electrons. The number of benzene rings is 2. The number of piperidine rings is 1. The highest BCUT2D eigenvalue weighted by Crippen LogP contribution is 2.30. The summed E-state index contributed by atoms with van der Waals surface area (Å²) in [6, 6.07) is 17.2. The maximum absolute atomic E-state index is 13.8. The topological polar surface area (TPSA) is 51.7 Å². The summed E-state index contributed by atoms with van der Waals surface area (Å²) in [4.78, 5) is 20.5. The summed E-state index contributed by atoms with van der Waals surface area (Å²) in [6.45, 7) is 1.88. The van der Waals surface area contributed by atoms with E-state index in [4.69, 9.17) is 26.1 Å². The average molecular weight is 423 g/mol. The Morgan fingerprint density at radius 2 is 1.80 bits per heavy atom. The molecule has 3 heterocycles. The number of aromatic nitrogens is 1. The van der Waals surface area contributed by atoms with Crippen LogP contribution in [0.25, 0.3) is 22.2 Å². The van der Waals surface area contributed by atoms with E-state index in [1.165, 1.54) is 0 Å². The van der Waals surface area contributed by atoms with E-state index in [9.17, 15) is 4.79 Å². The van der Waals surface area contributed by atoms with Gasteiger partial charge in [0, 0.05) is 22.5 Å². The maximum atomic E-state index is 13.8. The predicted molar refractivity (Wildman–Crippen MR) is 117 cm³/mol. The first-order chi connectivity index (χ1) is 14.7. The van der Waals surface area contributed by atoms with Gasteiger partial charge in [0.2, 0.25) is 0 Å². The summed E-state index contributed by atoms with van der Waals surface area (Å²) in [5.41, 5.74) is 3.15. The second-order valence-electron chi connectivity index (χ2n) is 7.75. The number of carbonyl (C=O) groups is 1. The summed E-state index contributed by atoms with van der Waals surface area (Å²) in [7, 11) is 0. The molecule has 1 unspecified atom stereocenters. The first kappa shape index (κ1) is 19.5. The summed E-state index contributed by atoms with van der Waals surface area (Å²) < 4.78 is 11.5. The number of hydrogen-bond donors (Lipinski definition) is 0. The van der Waals surface area contributed by atoms with Crippen LogP contribution in [0.2, 0.25) is 5.02 Å². The minimum Gasteiger partial charge on any atom is -0.348 e. The van der Waals surface area contributed by atoms with Crippen LogP contribution in [0, 0.1) is 0 Å². The van der Waals surface area contributed by atoms with Crippen molar-refractivity contribution in [1.82, 2.24) is 9.88 Å². The summed E-state index contributed by atoms with van der Waals surface area (Å²) >= 11 is 6.05. The van der Waals surface area contributed by atoms with Gasteiger partial charge in [-0.25, -0.2) is 4.98 Å². The molecule has 0 N–H and O–H groups in total. The molecule has 6 heteroatoms. The standard InChI is InChI=1S/C24H23ClN2O3/c25-17-10-8-16(9-11-17)21-15-19(18-5-1-2-6-20(18)26-21)23(28)27-12-4-3-7-22(27)24-29-13-14-30-24/h1-2,5-6,8-11,15,22,24H,3-4,7,12-14H2. The number of halogens is 1. The van der Waals surface area contributed by atoms with Gasteiger partial charge < -0.3 is 14.4 Å². The molecular formula is C24H23ClN2O3. The van der Waals surface area contributed by atoms with Crippen LogP contribution in [-0.2, 0) is 9.47 Å². The van der Waals surface area contributed by atoms with Crippen LogP contribution >= 0.6 is 11.6 Å². The fourth-order valence-electron chi connectivity index (χ4n) is 4.37. The molecule has 0 spiro atoms. The van der Waals surface area contributed by atoms with E-state index in [0.29, 0.717) is 30.3 Å². The Bertz CT molecular complexity index is 1060. The predicted octanol–water partition coefficient (Wildman–Crippen LogP) is 4.92. The van der Waals surface area contributed by atoms with Crippen molar-refractivity contribution in [3.8, 4) is 11.3 Å². The van der Waals surface area contributed by atoms with Crippen LogP contribution in [0.3, 0.4) is 0 Å². The van der Waals surface area contributed by atoms with Gasteiger partial charge >= 0.3 is 0 Å². The van der Waals surface area contributed by atoms with Gasteiger partial charge in [-0.05, 0) is 43.5 Å². The van der Waals surface area contributed by atoms with Crippen molar-refractivity contribution in [1.29, 1.82) is 0 Å². The van der Waals surface area contributed by atoms with Gasteiger partial charge in [0.05, 0.1) is 36.0 Å². The SMILES string of the molecule is O=C(c1cc(-c2ccc(Cl)cc2)nc2ccccc12)N1CCCCC1C1OCCO1. The van der Waals surface area contributed by atoms with Gasteiger partial charge in [0.1, 0.15) is 0 Å². The van der Waals surface area contributed by atoms with Crippen molar-refractivity contribution in [3.05, 3.63) is 65.2 Å². The molecule has 2 aromatic carbocycles. The third-order valence-electron chi connectivity index (χ3n) is 5.86. The number of para-hydroxylation sites is 1. The zero-order valence-electron chi connectivity index (χ0n) is 16.6. The maximum Gasteiger partial charge on any atom is 0.255 e. The van der Waals surface area contributed by atoms with E-state index in [1.54, 1.807) is 0 Å². The van der Waals surface area contributed by atoms with Crippen LogP contribution in [-0.4, -0.2) is 47.9 Å². The Balaban J connectivity index is 1.58. The first-order valence-electron chi connectivity index (χ1n) is 10.4. The molecule has 0 bridgehead atoms. The number of carbonyl (C=O) groups excluding carboxylic acids is 1. The molecule has 2 aliphatic heterocycles. The van der Waals surface area contributed by atoms with Crippen LogP contribution in [0.1, 0.15) is 29.6 Å². The van der Waals surface area contributed by atoms with E-state index in [-0.39, 0.29) is 18.2 Å². The molecule has 5 rings (SSSR count). The molecular weight excluding hydrogens is 400 g/mol. The lowest BCUT2D eigenvalue weighted by atomic mass is 9.98. The van der Waals surface area contributed by atoms with Gasteiger partial charge in [-0.15, -0.1) is 0 Å². The van der Waals surface area contributed by atoms with Gasteiger partial charge in [0.25, 0.3) is 5.91 Å². The number of amides is 1. The fraction of sp³-hybridized carbons (Fsp3) is 0.333. The zero-order chi connectivity index (χ0) is 20.5. The number of hydrogen-bond acceptors (Lipinski definition) is 4. The first-order valence-corrected chi connectivity index (χ1v) is 10.8. The van der Waals surface area contributed by atoms with Crippen molar-refractivity contribution in [2.45, 2.75) is 31.6 Å². The Hall–Kier alpha value is -2.47. The van der Waals surface area contributed by atoms with Crippen molar-refractivity contribution >= 4 is 28.4 Å². The zero-order valence-corrected chi connectivity index (χ0v) is 17.3. The highest BCUT2D eigenvalue weighted by atomic mass is 35.5. The summed E-state index contributed by atoms with van der Waals surface area (Å²) in [5.74, 6) is 0.00705. The highest BCUT2D eigenvalue weighted by molar-refractivity contribution is 6.30. The number of pyridine rings is 1. The molecule has 1 amide bonds. The normalized spacial score (nSPS) is 20.0. The minimum atomic E-state index is -0.335. The quantitative estimate of drug-likeness (QED) is 0.601. The fourth-order valence-corrected chi connectivity index (χ4v) is 4.49. The Morgan fingerprint density at radius 1 is 1.03 bits per heavy atom. The molecule has 2 saturated heterocycles. The molecule has 0 saturated carbocycles. The van der Waals surface area contributed by atoms with E-state index in [1.807, 2.05) is 59.5 Å². The van der Waals surface area contributed by atoms with Gasteiger partial charge in [-0.1, -0.05) is 41.9 Å². The number of ether oxygens (including phenoxy) is 2. The Kier molecular flexibility index (Phi) is 5.42. The lowest BCUT2D eigenvalue weighted by Gasteiger charge is -2.38. The number of fused-ring (bicyclic) bond motifs is 1. The van der Waals surface area contributed by atoms with Gasteiger partial charge in [-0.2, -0.15) is 0 Å². The smallest absolute Gasteiger partial charge is 0.255 e. The summed E-state index contributed by atoms with van der Waals surface area (Å²) in [6.07, 6.45) is 2.62. The molecule has 1 aromatic heterocycles. The minimum absolute atomic E-state index is 0.00705. The third kappa shape index (κ3) is 3.69. The van der Waals surface area contributed by atoms with E-state index < -0.39 is 0 Å². The number of rotatable bonds is 3. The van der Waals surface area contributed by atoms with Crippen molar-refractivity contribution in [2.75, 3.05) is 19.8 Å².